The number of aromatic amines is 1. The number of fused-ring (bicyclic) bond motifs is 1. The summed E-state index contributed by atoms with van der Waals surface area (Å²) in [5, 5.41) is 0. The lowest BCUT2D eigenvalue weighted by Gasteiger charge is -2.17. The Hall–Kier alpha value is -1.35. The van der Waals surface area contributed by atoms with Crippen LogP contribution in [0.2, 0.25) is 0 Å². The highest BCUT2D eigenvalue weighted by Crippen LogP contribution is 2.11. The van der Waals surface area contributed by atoms with Crippen molar-refractivity contribution < 1.29 is 0 Å². The van der Waals surface area contributed by atoms with E-state index in [1.807, 2.05) is 18.2 Å². The predicted molar refractivity (Wildman–Crippen MR) is 67.3 cm³/mol. The van der Waals surface area contributed by atoms with E-state index in [2.05, 4.69) is 34.8 Å². The normalized spacial score (nSPS) is 11.4. The summed E-state index contributed by atoms with van der Waals surface area (Å²) in [6.07, 6.45) is 1.19. The van der Waals surface area contributed by atoms with Crippen molar-refractivity contribution in [1.29, 1.82) is 0 Å². The Morgan fingerprint density at radius 3 is 2.75 bits per heavy atom. The van der Waals surface area contributed by atoms with Crippen LogP contribution in [0.4, 0.5) is 0 Å². The van der Waals surface area contributed by atoms with Gasteiger partial charge in [0.15, 0.2) is 0 Å². The largest absolute Gasteiger partial charge is 0.341 e. The Kier molecular flexibility index (Phi) is 3.57. The summed E-state index contributed by atoms with van der Waals surface area (Å²) in [7, 11) is 0. The van der Waals surface area contributed by atoms with E-state index in [1.54, 1.807) is 0 Å². The molecule has 0 spiro atoms. The van der Waals surface area contributed by atoms with Crippen LogP contribution < -0.4 is 0 Å². The summed E-state index contributed by atoms with van der Waals surface area (Å²) in [6.45, 7) is 7.52. The molecule has 0 amide bonds. The number of benzene rings is 1. The van der Waals surface area contributed by atoms with Gasteiger partial charge in [0, 0.05) is 0 Å². The maximum Gasteiger partial charge on any atom is 0.121 e. The molecule has 0 radical (unpaired) electrons. The number of rotatable bonds is 5. The highest BCUT2D eigenvalue weighted by atomic mass is 15.1. The quantitative estimate of drug-likeness (QED) is 0.835. The van der Waals surface area contributed by atoms with Crippen LogP contribution in [0.25, 0.3) is 11.0 Å². The summed E-state index contributed by atoms with van der Waals surface area (Å²) in [5.41, 5.74) is 2.19. The Labute approximate surface area is 96.5 Å². The molecule has 0 aliphatic heterocycles. The van der Waals surface area contributed by atoms with Gasteiger partial charge >= 0.3 is 0 Å². The van der Waals surface area contributed by atoms with Gasteiger partial charge in [0.1, 0.15) is 5.82 Å². The summed E-state index contributed by atoms with van der Waals surface area (Å²) in [5.74, 6) is 1.07. The average Bonchev–Trinajstić information content (AvgIpc) is 2.70. The van der Waals surface area contributed by atoms with E-state index in [0.29, 0.717) is 0 Å². The molecule has 1 aromatic heterocycles. The van der Waals surface area contributed by atoms with Crippen molar-refractivity contribution in [1.82, 2.24) is 14.9 Å². The van der Waals surface area contributed by atoms with E-state index < -0.39 is 0 Å². The molecule has 16 heavy (non-hydrogen) atoms. The molecule has 1 aromatic carbocycles. The van der Waals surface area contributed by atoms with Crippen LogP contribution in [0.15, 0.2) is 24.3 Å². The molecule has 0 fully saturated rings. The molecule has 0 bridgehead atoms. The lowest BCUT2D eigenvalue weighted by molar-refractivity contribution is 0.275. The number of hydrogen-bond acceptors (Lipinski definition) is 2. The average molecular weight is 217 g/mol. The first-order chi connectivity index (χ1) is 7.83. The second-order valence-electron chi connectivity index (χ2n) is 4.07. The lowest BCUT2D eigenvalue weighted by atomic mass is 10.3. The third-order valence-corrected chi connectivity index (χ3v) is 2.80. The van der Waals surface area contributed by atoms with Crippen LogP contribution in [-0.4, -0.2) is 28.0 Å². The highest BCUT2D eigenvalue weighted by molar-refractivity contribution is 5.74. The first-order valence-corrected chi connectivity index (χ1v) is 5.99. The summed E-state index contributed by atoms with van der Waals surface area (Å²) >= 11 is 0. The fourth-order valence-corrected chi connectivity index (χ4v) is 1.96. The maximum absolute atomic E-state index is 4.59. The molecule has 0 atom stereocenters. The number of aromatic nitrogens is 2. The van der Waals surface area contributed by atoms with E-state index in [4.69, 9.17) is 0 Å². The van der Waals surface area contributed by atoms with Crippen molar-refractivity contribution in [3.8, 4) is 0 Å². The van der Waals surface area contributed by atoms with Crippen LogP contribution in [0, 0.1) is 0 Å². The van der Waals surface area contributed by atoms with Crippen molar-refractivity contribution in [2.75, 3.05) is 13.1 Å². The topological polar surface area (TPSA) is 31.9 Å². The zero-order valence-electron chi connectivity index (χ0n) is 10.0. The molecule has 0 unspecified atom stereocenters. The fraction of sp³-hybridized carbons (Fsp3) is 0.462. The summed E-state index contributed by atoms with van der Waals surface area (Å²) in [4.78, 5) is 10.4. The predicted octanol–water partition coefficient (Wildman–Crippen LogP) is 2.79. The molecular formula is C13H19N3. The monoisotopic (exact) mass is 217 g/mol. The molecule has 3 nitrogen and oxygen atoms in total. The first-order valence-electron chi connectivity index (χ1n) is 5.99. The fourth-order valence-electron chi connectivity index (χ4n) is 1.96. The third-order valence-electron chi connectivity index (χ3n) is 2.80. The van der Waals surface area contributed by atoms with Crippen molar-refractivity contribution in [2.24, 2.45) is 0 Å². The van der Waals surface area contributed by atoms with Gasteiger partial charge in [0.2, 0.25) is 0 Å². The van der Waals surface area contributed by atoms with Gasteiger partial charge in [-0.1, -0.05) is 26.0 Å². The third kappa shape index (κ3) is 2.42. The molecular weight excluding hydrogens is 198 g/mol. The van der Waals surface area contributed by atoms with E-state index >= 15 is 0 Å². The van der Waals surface area contributed by atoms with Gasteiger partial charge in [-0.15, -0.1) is 0 Å². The van der Waals surface area contributed by atoms with Gasteiger partial charge in [0.25, 0.3) is 0 Å². The van der Waals surface area contributed by atoms with Crippen molar-refractivity contribution in [2.45, 2.75) is 26.8 Å². The molecule has 0 saturated heterocycles. The van der Waals surface area contributed by atoms with E-state index in [-0.39, 0.29) is 0 Å². The highest BCUT2D eigenvalue weighted by Gasteiger charge is 2.06. The Bertz CT molecular complexity index is 414. The van der Waals surface area contributed by atoms with Crippen molar-refractivity contribution in [3.63, 3.8) is 0 Å². The first kappa shape index (κ1) is 11.1. The summed E-state index contributed by atoms with van der Waals surface area (Å²) in [6, 6.07) is 8.18. The van der Waals surface area contributed by atoms with Gasteiger partial charge in [-0.05, 0) is 31.6 Å². The number of H-pyrrole nitrogens is 1. The number of nitrogens with one attached hydrogen (secondary N) is 1. The smallest absolute Gasteiger partial charge is 0.121 e. The number of imidazole rings is 1. The van der Waals surface area contributed by atoms with Crippen LogP contribution in [0.5, 0.6) is 0 Å². The van der Waals surface area contributed by atoms with E-state index in [1.165, 1.54) is 6.42 Å². The molecule has 86 valence electrons. The molecule has 1 N–H and O–H groups in total. The second kappa shape index (κ2) is 5.12. The minimum atomic E-state index is 0.916. The Morgan fingerprint density at radius 1 is 1.25 bits per heavy atom. The molecule has 0 aliphatic rings. The second-order valence-corrected chi connectivity index (χ2v) is 4.07. The van der Waals surface area contributed by atoms with E-state index in [9.17, 15) is 0 Å². The van der Waals surface area contributed by atoms with Gasteiger partial charge < -0.3 is 4.98 Å². The minimum absolute atomic E-state index is 0.916. The molecule has 3 heteroatoms. The van der Waals surface area contributed by atoms with Crippen LogP contribution in [0.3, 0.4) is 0 Å². The minimum Gasteiger partial charge on any atom is -0.341 e. The van der Waals surface area contributed by atoms with Crippen molar-refractivity contribution in [3.05, 3.63) is 30.1 Å². The van der Waals surface area contributed by atoms with Crippen LogP contribution in [0.1, 0.15) is 26.1 Å². The zero-order valence-corrected chi connectivity index (χ0v) is 10.0. The zero-order chi connectivity index (χ0) is 11.4. The molecule has 0 aliphatic carbocycles. The van der Waals surface area contributed by atoms with Crippen LogP contribution >= 0.6 is 0 Å². The van der Waals surface area contributed by atoms with Gasteiger partial charge in [-0.25, -0.2) is 4.98 Å². The Balaban J connectivity index is 2.14. The molecule has 2 rings (SSSR count). The lowest BCUT2D eigenvalue weighted by Crippen LogP contribution is -2.24. The van der Waals surface area contributed by atoms with Crippen LogP contribution in [-0.2, 0) is 6.54 Å². The van der Waals surface area contributed by atoms with Gasteiger partial charge in [-0.3, -0.25) is 4.90 Å². The van der Waals surface area contributed by atoms with Gasteiger partial charge in [0.05, 0.1) is 17.6 Å². The standard InChI is InChI=1S/C13H19N3/c1-3-9-16(4-2)10-13-14-11-7-5-6-8-12(11)15-13/h5-8H,3-4,9-10H2,1-2H3,(H,14,15). The number of hydrogen-bond donors (Lipinski definition) is 1. The molecule has 2 aromatic rings. The van der Waals surface area contributed by atoms with Crippen molar-refractivity contribution >= 4 is 11.0 Å². The maximum atomic E-state index is 4.59. The molecule has 0 saturated carbocycles. The molecule has 1 heterocycles. The summed E-state index contributed by atoms with van der Waals surface area (Å²) < 4.78 is 0. The Morgan fingerprint density at radius 2 is 2.06 bits per heavy atom. The number of para-hydroxylation sites is 2. The van der Waals surface area contributed by atoms with E-state index in [0.717, 1.165) is 36.5 Å². The van der Waals surface area contributed by atoms with Gasteiger partial charge in [-0.2, -0.15) is 0 Å². The number of nitrogens with zero attached hydrogens (tertiary/aromatic N) is 2. The SMILES string of the molecule is CCCN(CC)Cc1nc2ccccc2[nH]1.